The molecule has 0 bridgehead atoms. The highest BCUT2D eigenvalue weighted by molar-refractivity contribution is 7.80. The molecule has 0 atom stereocenters. The molecule has 0 aliphatic carbocycles. The van der Waals surface area contributed by atoms with Crippen molar-refractivity contribution in [1.82, 2.24) is 0 Å². The van der Waals surface area contributed by atoms with Gasteiger partial charge in [-0.15, -0.1) is 12.6 Å². The number of hydrogen-bond acceptors (Lipinski definition) is 1. The highest BCUT2D eigenvalue weighted by Gasteiger charge is 1.73. The third-order valence-corrected chi connectivity index (χ3v) is 1.05. The van der Waals surface area contributed by atoms with Gasteiger partial charge < -0.3 is 0 Å². The highest BCUT2D eigenvalue weighted by Crippen LogP contribution is 2.00. The van der Waals surface area contributed by atoms with Crippen molar-refractivity contribution >= 4 is 12.6 Å². The summed E-state index contributed by atoms with van der Waals surface area (Å²) in [5.41, 5.74) is 0. The quantitative estimate of drug-likeness (QED) is 0.545. The standard InChI is InChI=1S/C6H6S.C2H6.CH4/c7-6-4-2-1-3-5-6;1-2;/h1-5,7H;1-2H3;1H4. The second-order valence-corrected chi connectivity index (χ2v) is 1.85. The molecule has 0 saturated carbocycles. The Balaban J connectivity index is 0. The highest BCUT2D eigenvalue weighted by atomic mass is 32.1. The van der Waals surface area contributed by atoms with Crippen LogP contribution in [0.15, 0.2) is 35.2 Å². The Morgan fingerprint density at radius 3 is 1.60 bits per heavy atom. The maximum absolute atomic E-state index is 4.08. The van der Waals surface area contributed by atoms with Crippen molar-refractivity contribution in [3.05, 3.63) is 30.3 Å². The predicted octanol–water partition coefficient (Wildman–Crippen LogP) is 3.64. The summed E-state index contributed by atoms with van der Waals surface area (Å²) >= 11 is 4.08. The Hall–Kier alpha value is -0.430. The van der Waals surface area contributed by atoms with E-state index in [1.807, 2.05) is 44.2 Å². The minimum Gasteiger partial charge on any atom is -0.143 e. The minimum atomic E-state index is 0. The Kier molecular flexibility index (Phi) is 10.5. The zero-order chi connectivity index (χ0) is 7.11. The number of benzene rings is 1. The van der Waals surface area contributed by atoms with Crippen LogP contribution in [-0.2, 0) is 0 Å². The molecule has 0 aromatic heterocycles. The summed E-state index contributed by atoms with van der Waals surface area (Å²) in [5.74, 6) is 0. The molecule has 0 unspecified atom stereocenters. The first kappa shape index (κ1) is 12.3. The summed E-state index contributed by atoms with van der Waals surface area (Å²) in [7, 11) is 0. The molecule has 1 rings (SSSR count). The SMILES string of the molecule is C.CC.Sc1ccccc1. The molecular formula is C9H16S. The van der Waals surface area contributed by atoms with Crippen molar-refractivity contribution < 1.29 is 0 Å². The van der Waals surface area contributed by atoms with E-state index >= 15 is 0 Å². The van der Waals surface area contributed by atoms with Crippen LogP contribution in [0.5, 0.6) is 0 Å². The van der Waals surface area contributed by atoms with E-state index in [0.29, 0.717) is 0 Å². The zero-order valence-corrected chi connectivity index (χ0v) is 6.73. The van der Waals surface area contributed by atoms with E-state index in [2.05, 4.69) is 12.6 Å². The van der Waals surface area contributed by atoms with Gasteiger partial charge in [0.1, 0.15) is 0 Å². The fourth-order valence-corrected chi connectivity index (χ4v) is 0.600. The minimum absolute atomic E-state index is 0. The molecule has 0 N–H and O–H groups in total. The molecule has 0 aliphatic rings. The molecule has 0 fully saturated rings. The van der Waals surface area contributed by atoms with Gasteiger partial charge in [-0.05, 0) is 12.1 Å². The largest absolute Gasteiger partial charge is 0.143 e. The van der Waals surface area contributed by atoms with Crippen LogP contribution >= 0.6 is 12.6 Å². The third kappa shape index (κ3) is 5.70. The third-order valence-electron chi connectivity index (χ3n) is 0.756. The molecule has 10 heavy (non-hydrogen) atoms. The van der Waals surface area contributed by atoms with Gasteiger partial charge in [-0.1, -0.05) is 39.5 Å². The Bertz CT molecular complexity index is 135. The van der Waals surface area contributed by atoms with E-state index in [4.69, 9.17) is 0 Å². The van der Waals surface area contributed by atoms with Gasteiger partial charge in [0.25, 0.3) is 0 Å². The van der Waals surface area contributed by atoms with E-state index in [1.165, 1.54) is 0 Å². The molecule has 1 aromatic carbocycles. The Labute approximate surface area is 69.7 Å². The van der Waals surface area contributed by atoms with Crippen molar-refractivity contribution in [3.8, 4) is 0 Å². The molecule has 0 heterocycles. The first-order valence-electron chi connectivity index (χ1n) is 3.13. The molecule has 58 valence electrons. The van der Waals surface area contributed by atoms with Crippen molar-refractivity contribution in [2.45, 2.75) is 26.2 Å². The molecule has 0 radical (unpaired) electrons. The van der Waals surface area contributed by atoms with Gasteiger partial charge in [-0.25, -0.2) is 0 Å². The van der Waals surface area contributed by atoms with Crippen LogP contribution in [-0.4, -0.2) is 0 Å². The predicted molar refractivity (Wildman–Crippen MR) is 51.8 cm³/mol. The summed E-state index contributed by atoms with van der Waals surface area (Å²) in [6.45, 7) is 4.00. The van der Waals surface area contributed by atoms with Gasteiger partial charge in [0, 0.05) is 4.90 Å². The van der Waals surface area contributed by atoms with Crippen molar-refractivity contribution in [1.29, 1.82) is 0 Å². The Morgan fingerprint density at radius 2 is 1.40 bits per heavy atom. The van der Waals surface area contributed by atoms with Gasteiger partial charge in [-0.3, -0.25) is 0 Å². The smallest absolute Gasteiger partial charge is 0.00399 e. The van der Waals surface area contributed by atoms with Crippen molar-refractivity contribution in [2.75, 3.05) is 0 Å². The zero-order valence-electron chi connectivity index (χ0n) is 5.83. The maximum Gasteiger partial charge on any atom is 0.00399 e. The van der Waals surface area contributed by atoms with Gasteiger partial charge >= 0.3 is 0 Å². The van der Waals surface area contributed by atoms with Gasteiger partial charge in [0.15, 0.2) is 0 Å². The number of hydrogen-bond donors (Lipinski definition) is 1. The van der Waals surface area contributed by atoms with Gasteiger partial charge in [0.05, 0.1) is 0 Å². The molecule has 0 spiro atoms. The van der Waals surface area contributed by atoms with Crippen LogP contribution in [0.4, 0.5) is 0 Å². The monoisotopic (exact) mass is 156 g/mol. The molecule has 0 amide bonds. The van der Waals surface area contributed by atoms with Crippen LogP contribution in [0.25, 0.3) is 0 Å². The van der Waals surface area contributed by atoms with Crippen LogP contribution in [0.2, 0.25) is 0 Å². The Morgan fingerprint density at radius 1 is 1.00 bits per heavy atom. The van der Waals surface area contributed by atoms with E-state index in [-0.39, 0.29) is 7.43 Å². The molecule has 1 heteroatoms. The van der Waals surface area contributed by atoms with E-state index < -0.39 is 0 Å². The van der Waals surface area contributed by atoms with Gasteiger partial charge in [0.2, 0.25) is 0 Å². The average Bonchev–Trinajstić information content (AvgIpc) is 1.94. The number of rotatable bonds is 0. The van der Waals surface area contributed by atoms with Crippen molar-refractivity contribution in [3.63, 3.8) is 0 Å². The lowest BCUT2D eigenvalue weighted by Gasteiger charge is -1.81. The average molecular weight is 156 g/mol. The summed E-state index contributed by atoms with van der Waals surface area (Å²) in [6.07, 6.45) is 0. The lowest BCUT2D eigenvalue weighted by Crippen LogP contribution is -1.56. The van der Waals surface area contributed by atoms with Crippen LogP contribution in [0.3, 0.4) is 0 Å². The fourth-order valence-electron chi connectivity index (χ4n) is 0.428. The summed E-state index contributed by atoms with van der Waals surface area (Å²) in [5, 5.41) is 0. The molecule has 0 nitrogen and oxygen atoms in total. The normalized spacial score (nSPS) is 6.70. The van der Waals surface area contributed by atoms with Crippen LogP contribution < -0.4 is 0 Å². The maximum atomic E-state index is 4.08. The number of thiol groups is 1. The van der Waals surface area contributed by atoms with Gasteiger partial charge in [-0.2, -0.15) is 0 Å². The lowest BCUT2D eigenvalue weighted by molar-refractivity contribution is 1.48. The van der Waals surface area contributed by atoms with E-state index in [1.54, 1.807) is 0 Å². The first-order valence-corrected chi connectivity index (χ1v) is 3.58. The van der Waals surface area contributed by atoms with Crippen LogP contribution in [0, 0.1) is 0 Å². The first-order chi connectivity index (χ1) is 4.39. The summed E-state index contributed by atoms with van der Waals surface area (Å²) in [4.78, 5) is 1.02. The molecular weight excluding hydrogens is 140 g/mol. The molecule has 1 aromatic rings. The molecule has 0 saturated heterocycles. The second-order valence-electron chi connectivity index (χ2n) is 1.34. The lowest BCUT2D eigenvalue weighted by atomic mass is 10.4. The van der Waals surface area contributed by atoms with E-state index in [9.17, 15) is 0 Å². The van der Waals surface area contributed by atoms with E-state index in [0.717, 1.165) is 4.90 Å². The second kappa shape index (κ2) is 8.57. The molecule has 0 aliphatic heterocycles. The summed E-state index contributed by atoms with van der Waals surface area (Å²) in [6, 6.07) is 9.79. The fraction of sp³-hybridized carbons (Fsp3) is 0.333. The topological polar surface area (TPSA) is 0 Å². The summed E-state index contributed by atoms with van der Waals surface area (Å²) < 4.78 is 0. The van der Waals surface area contributed by atoms with Crippen LogP contribution in [0.1, 0.15) is 21.3 Å². The van der Waals surface area contributed by atoms with Crippen molar-refractivity contribution in [2.24, 2.45) is 0 Å².